The summed E-state index contributed by atoms with van der Waals surface area (Å²) in [6, 6.07) is 18.4. The first-order valence-corrected chi connectivity index (χ1v) is 8.84. The average Bonchev–Trinajstić information content (AvgIpc) is 3.31. The molecule has 0 bridgehead atoms. The molecule has 1 saturated heterocycles. The van der Waals surface area contributed by atoms with Gasteiger partial charge in [0.1, 0.15) is 0 Å². The zero-order chi connectivity index (χ0) is 17.1. The minimum atomic E-state index is 0.476. The molecule has 0 radical (unpaired) electrons. The minimum Gasteiger partial charge on any atom is -0.372 e. The number of nitrogens with zero attached hydrogens (tertiary/aromatic N) is 4. The van der Waals surface area contributed by atoms with Crippen molar-refractivity contribution in [1.29, 1.82) is 0 Å². The first kappa shape index (κ1) is 15.8. The van der Waals surface area contributed by atoms with E-state index in [2.05, 4.69) is 44.5 Å². The van der Waals surface area contributed by atoms with Gasteiger partial charge in [0.2, 0.25) is 4.77 Å². The van der Waals surface area contributed by atoms with Gasteiger partial charge in [-0.2, -0.15) is 14.9 Å². The van der Waals surface area contributed by atoms with E-state index in [4.69, 9.17) is 12.2 Å². The molecular weight excluding hydrogens is 330 g/mol. The summed E-state index contributed by atoms with van der Waals surface area (Å²) in [6.45, 7) is 2.30. The first-order chi connectivity index (χ1) is 12.3. The molecule has 0 spiro atoms. The fourth-order valence-corrected chi connectivity index (χ4v) is 3.22. The van der Waals surface area contributed by atoms with Gasteiger partial charge in [-0.25, -0.2) is 5.10 Å². The number of aromatic amines is 1. The molecular formula is C19H19N5S. The van der Waals surface area contributed by atoms with E-state index in [-0.39, 0.29) is 0 Å². The Morgan fingerprint density at radius 3 is 2.44 bits per heavy atom. The predicted octanol–water partition coefficient (Wildman–Crippen LogP) is 4.09. The Morgan fingerprint density at radius 1 is 1.00 bits per heavy atom. The van der Waals surface area contributed by atoms with E-state index < -0.39 is 0 Å². The zero-order valence-electron chi connectivity index (χ0n) is 13.8. The first-order valence-electron chi connectivity index (χ1n) is 8.43. The molecule has 6 heteroatoms. The maximum absolute atomic E-state index is 5.31. The number of anilines is 1. The normalized spacial score (nSPS) is 14.5. The molecule has 1 aromatic heterocycles. The van der Waals surface area contributed by atoms with Crippen molar-refractivity contribution in [1.82, 2.24) is 14.9 Å². The second kappa shape index (κ2) is 7.03. The molecule has 126 valence electrons. The SMILES string of the molecule is S=c1[nH]nc(-c2ccccc2)n1/N=C\c1ccc(N2CCCC2)cc1. The van der Waals surface area contributed by atoms with E-state index in [1.807, 2.05) is 36.5 Å². The van der Waals surface area contributed by atoms with E-state index in [1.54, 1.807) is 4.68 Å². The maximum atomic E-state index is 5.31. The molecule has 1 fully saturated rings. The largest absolute Gasteiger partial charge is 0.372 e. The van der Waals surface area contributed by atoms with Crippen molar-refractivity contribution in [3.05, 3.63) is 64.9 Å². The lowest BCUT2D eigenvalue weighted by atomic mass is 10.2. The molecule has 1 aliphatic heterocycles. The van der Waals surface area contributed by atoms with Crippen LogP contribution in [0.1, 0.15) is 18.4 Å². The van der Waals surface area contributed by atoms with Crippen LogP contribution in [0.2, 0.25) is 0 Å². The summed E-state index contributed by atoms with van der Waals surface area (Å²) < 4.78 is 2.13. The molecule has 0 aliphatic carbocycles. The average molecular weight is 349 g/mol. The lowest BCUT2D eigenvalue weighted by Gasteiger charge is -2.17. The van der Waals surface area contributed by atoms with Crippen LogP contribution in [0.3, 0.4) is 0 Å². The summed E-state index contributed by atoms with van der Waals surface area (Å²) in [6.07, 6.45) is 4.37. The van der Waals surface area contributed by atoms with E-state index >= 15 is 0 Å². The number of benzene rings is 2. The summed E-state index contributed by atoms with van der Waals surface area (Å²) in [4.78, 5) is 2.42. The standard InChI is InChI=1S/C19H19N5S/c25-19-22-21-18(16-6-2-1-3-7-16)24(19)20-14-15-8-10-17(11-9-15)23-12-4-5-13-23/h1-3,6-11,14H,4-5,12-13H2,(H,22,25)/b20-14-. The van der Waals surface area contributed by atoms with Crippen LogP contribution >= 0.6 is 12.2 Å². The molecule has 5 nitrogen and oxygen atoms in total. The highest BCUT2D eigenvalue weighted by Crippen LogP contribution is 2.20. The van der Waals surface area contributed by atoms with Gasteiger partial charge in [-0.05, 0) is 42.8 Å². The van der Waals surface area contributed by atoms with Gasteiger partial charge in [-0.15, -0.1) is 0 Å². The minimum absolute atomic E-state index is 0.476. The van der Waals surface area contributed by atoms with Crippen molar-refractivity contribution in [3.63, 3.8) is 0 Å². The van der Waals surface area contributed by atoms with E-state index in [9.17, 15) is 0 Å². The quantitative estimate of drug-likeness (QED) is 0.570. The Morgan fingerprint density at radius 2 is 1.72 bits per heavy atom. The zero-order valence-corrected chi connectivity index (χ0v) is 14.6. The van der Waals surface area contributed by atoms with Gasteiger partial charge in [0, 0.05) is 24.3 Å². The van der Waals surface area contributed by atoms with Gasteiger partial charge in [-0.3, -0.25) is 0 Å². The van der Waals surface area contributed by atoms with Gasteiger partial charge in [0.05, 0.1) is 6.21 Å². The highest BCUT2D eigenvalue weighted by molar-refractivity contribution is 7.71. The predicted molar refractivity (Wildman–Crippen MR) is 104 cm³/mol. The summed E-state index contributed by atoms with van der Waals surface area (Å²) in [5.74, 6) is 0.704. The second-order valence-electron chi connectivity index (χ2n) is 6.06. The Balaban J connectivity index is 1.58. The molecule has 0 amide bonds. The molecule has 4 rings (SSSR count). The van der Waals surface area contributed by atoms with Crippen LogP contribution in [-0.4, -0.2) is 34.2 Å². The van der Waals surface area contributed by atoms with Crippen molar-refractivity contribution >= 4 is 24.1 Å². The summed E-state index contributed by atoms with van der Waals surface area (Å²) in [5, 5.41) is 11.6. The van der Waals surface area contributed by atoms with Crippen LogP contribution in [0.25, 0.3) is 11.4 Å². The molecule has 0 unspecified atom stereocenters. The number of hydrogen-bond donors (Lipinski definition) is 1. The van der Waals surface area contributed by atoms with E-state index in [0.29, 0.717) is 10.6 Å². The third-order valence-corrected chi connectivity index (χ3v) is 4.63. The highest BCUT2D eigenvalue weighted by atomic mass is 32.1. The fourth-order valence-electron chi connectivity index (χ4n) is 3.04. The number of hydrogen-bond acceptors (Lipinski definition) is 4. The highest BCUT2D eigenvalue weighted by Gasteiger charge is 2.11. The topological polar surface area (TPSA) is 49.2 Å². The van der Waals surface area contributed by atoms with E-state index in [0.717, 1.165) is 24.2 Å². The lowest BCUT2D eigenvalue weighted by Crippen LogP contribution is -2.17. The van der Waals surface area contributed by atoms with E-state index in [1.165, 1.54) is 18.5 Å². The van der Waals surface area contributed by atoms with Crippen molar-refractivity contribution in [3.8, 4) is 11.4 Å². The van der Waals surface area contributed by atoms with Crippen molar-refractivity contribution in [2.24, 2.45) is 5.10 Å². The second-order valence-corrected chi connectivity index (χ2v) is 6.45. The van der Waals surface area contributed by atoms with Crippen LogP contribution < -0.4 is 4.90 Å². The molecule has 1 aliphatic rings. The van der Waals surface area contributed by atoms with Crippen molar-refractivity contribution < 1.29 is 0 Å². The monoisotopic (exact) mass is 349 g/mol. The fraction of sp³-hybridized carbons (Fsp3) is 0.211. The maximum Gasteiger partial charge on any atom is 0.216 e. The molecule has 2 heterocycles. The van der Waals surface area contributed by atoms with Crippen LogP contribution in [0.4, 0.5) is 5.69 Å². The van der Waals surface area contributed by atoms with Crippen LogP contribution in [0.15, 0.2) is 59.7 Å². The van der Waals surface area contributed by atoms with Crippen molar-refractivity contribution in [2.45, 2.75) is 12.8 Å². The van der Waals surface area contributed by atoms with Crippen LogP contribution in [0.5, 0.6) is 0 Å². The summed E-state index contributed by atoms with van der Waals surface area (Å²) >= 11 is 5.31. The number of H-pyrrole nitrogens is 1. The van der Waals surface area contributed by atoms with Gasteiger partial charge in [-0.1, -0.05) is 42.5 Å². The molecule has 1 N–H and O–H groups in total. The Kier molecular flexibility index (Phi) is 4.43. The van der Waals surface area contributed by atoms with Gasteiger partial charge in [0.25, 0.3) is 0 Å². The Labute approximate surface area is 151 Å². The van der Waals surface area contributed by atoms with Crippen molar-refractivity contribution in [2.75, 3.05) is 18.0 Å². The molecule has 0 atom stereocenters. The smallest absolute Gasteiger partial charge is 0.216 e. The molecule has 2 aromatic carbocycles. The number of aromatic nitrogens is 3. The Bertz CT molecular complexity index is 918. The van der Waals surface area contributed by atoms with Crippen LogP contribution in [0, 0.1) is 4.77 Å². The molecule has 3 aromatic rings. The number of rotatable bonds is 4. The van der Waals surface area contributed by atoms with Gasteiger partial charge in [0.15, 0.2) is 5.82 Å². The Hall–Kier alpha value is -2.73. The van der Waals surface area contributed by atoms with Gasteiger partial charge < -0.3 is 4.90 Å². The summed E-state index contributed by atoms with van der Waals surface area (Å²) in [5.41, 5.74) is 3.28. The summed E-state index contributed by atoms with van der Waals surface area (Å²) in [7, 11) is 0. The molecule has 0 saturated carbocycles. The molecule has 25 heavy (non-hydrogen) atoms. The third kappa shape index (κ3) is 3.39. The lowest BCUT2D eigenvalue weighted by molar-refractivity contribution is 0.871. The number of nitrogens with one attached hydrogen (secondary N) is 1. The third-order valence-electron chi connectivity index (χ3n) is 4.37. The van der Waals surface area contributed by atoms with Crippen LogP contribution in [-0.2, 0) is 0 Å². The van der Waals surface area contributed by atoms with Gasteiger partial charge >= 0.3 is 0 Å².